The molecule has 0 radical (unpaired) electrons. The molecule has 8 nitrogen and oxygen atoms in total. The zero-order valence-electron chi connectivity index (χ0n) is 26.4. The summed E-state index contributed by atoms with van der Waals surface area (Å²) in [4.78, 5) is 26.6. The lowest BCUT2D eigenvalue weighted by molar-refractivity contribution is -0.150. The maximum atomic E-state index is 12.9. The Balaban J connectivity index is 2.58. The van der Waals surface area contributed by atoms with Crippen LogP contribution in [0, 0.1) is 17.8 Å². The van der Waals surface area contributed by atoms with Crippen LogP contribution in [-0.4, -0.2) is 67.8 Å². The summed E-state index contributed by atoms with van der Waals surface area (Å²) in [7, 11) is 4.89. The van der Waals surface area contributed by atoms with E-state index < -0.39 is 17.9 Å². The van der Waals surface area contributed by atoms with E-state index in [0.29, 0.717) is 49.4 Å². The van der Waals surface area contributed by atoms with Gasteiger partial charge in [-0.3, -0.25) is 4.79 Å². The Kier molecular flexibility index (Phi) is 13.5. The molecule has 0 saturated carbocycles. The van der Waals surface area contributed by atoms with Crippen LogP contribution in [0.5, 0.6) is 5.75 Å². The highest BCUT2D eigenvalue weighted by molar-refractivity contribution is 6.32. The summed E-state index contributed by atoms with van der Waals surface area (Å²) < 4.78 is 17.5. The molecular formula is C32H51ClN2O6. The Labute approximate surface area is 251 Å². The monoisotopic (exact) mass is 594 g/mol. The van der Waals surface area contributed by atoms with Gasteiger partial charge < -0.3 is 29.5 Å². The fourth-order valence-corrected chi connectivity index (χ4v) is 5.96. The lowest BCUT2D eigenvalue weighted by atomic mass is 9.79. The first kappa shape index (κ1) is 34.9. The van der Waals surface area contributed by atoms with Crippen molar-refractivity contribution in [1.82, 2.24) is 10.2 Å². The number of carbonyl (C=O) groups is 2. The largest absolute Gasteiger partial charge is 0.495 e. The van der Waals surface area contributed by atoms with Crippen molar-refractivity contribution in [2.24, 2.45) is 17.8 Å². The molecule has 41 heavy (non-hydrogen) atoms. The summed E-state index contributed by atoms with van der Waals surface area (Å²) in [6.45, 7) is 12.2. The molecule has 0 saturated heterocycles. The second-order valence-corrected chi connectivity index (χ2v) is 12.3. The Hall–Kier alpha value is -2.29. The van der Waals surface area contributed by atoms with Gasteiger partial charge in [0.1, 0.15) is 18.0 Å². The molecule has 1 aromatic carbocycles. The van der Waals surface area contributed by atoms with Crippen molar-refractivity contribution in [3.05, 3.63) is 39.9 Å². The number of nitrogens with zero attached hydrogens (tertiary/aromatic N) is 1. The highest BCUT2D eigenvalue weighted by atomic mass is 35.5. The summed E-state index contributed by atoms with van der Waals surface area (Å²) in [5.74, 6) is 0.438. The third-order valence-electron chi connectivity index (χ3n) is 8.45. The number of aliphatic hydroxyl groups is 1. The molecule has 2 rings (SSSR count). The molecule has 0 spiro atoms. The summed E-state index contributed by atoms with van der Waals surface area (Å²) in [6.07, 6.45) is 4.14. The zero-order valence-corrected chi connectivity index (χ0v) is 27.1. The number of halogens is 1. The minimum Gasteiger partial charge on any atom is -0.495 e. The van der Waals surface area contributed by atoms with Crippen LogP contribution in [0.3, 0.4) is 0 Å². The quantitative estimate of drug-likeness (QED) is 0.313. The van der Waals surface area contributed by atoms with E-state index in [1.54, 1.807) is 26.2 Å². The van der Waals surface area contributed by atoms with Crippen molar-refractivity contribution >= 4 is 23.6 Å². The summed E-state index contributed by atoms with van der Waals surface area (Å²) >= 11 is 6.80. The first-order chi connectivity index (χ1) is 19.2. The van der Waals surface area contributed by atoms with Gasteiger partial charge in [-0.2, -0.15) is 0 Å². The third kappa shape index (κ3) is 9.90. The van der Waals surface area contributed by atoms with Gasteiger partial charge in [0.05, 0.1) is 12.1 Å². The highest BCUT2D eigenvalue weighted by Gasteiger charge is 2.40. The molecule has 0 aliphatic heterocycles. The summed E-state index contributed by atoms with van der Waals surface area (Å²) in [6, 6.07) is 4.03. The van der Waals surface area contributed by atoms with E-state index in [-0.39, 0.29) is 29.8 Å². The Morgan fingerprint density at radius 1 is 1.17 bits per heavy atom. The van der Waals surface area contributed by atoms with Crippen molar-refractivity contribution < 1.29 is 28.9 Å². The molecule has 1 aliphatic rings. The first-order valence-corrected chi connectivity index (χ1v) is 15.1. The van der Waals surface area contributed by atoms with Crippen molar-refractivity contribution in [3.63, 3.8) is 0 Å². The van der Waals surface area contributed by atoms with Crippen molar-refractivity contribution in [2.45, 2.75) is 98.0 Å². The molecular weight excluding hydrogens is 544 g/mol. The smallest absolute Gasteiger partial charge is 0.409 e. The fraction of sp³-hybridized carbons (Fsp3) is 0.688. The highest BCUT2D eigenvalue weighted by Crippen LogP contribution is 2.36. The minimum atomic E-state index is -1.52. The predicted octanol–water partition coefficient (Wildman–Crippen LogP) is 6.16. The second-order valence-electron chi connectivity index (χ2n) is 11.9. The standard InChI is InChI=1S/C32H51ClN2O6/c1-10-35(7)31(37)41-27-18-26-16-25(17-28(39-8)30(26)33)14-20(2)12-11-13-29(40-9)32(38,34-24(6)36)19-23(5)21(3)15-22(27)4/h12,16-17,21-23,27,29,38H,10-11,13-15,18-19H2,1-9H3,(H,34,36)/b20-12+. The van der Waals surface area contributed by atoms with Crippen LogP contribution >= 0.6 is 11.6 Å². The number of amides is 2. The van der Waals surface area contributed by atoms with Crippen molar-refractivity contribution in [1.29, 1.82) is 0 Å². The average molecular weight is 595 g/mol. The molecule has 6 atom stereocenters. The van der Waals surface area contributed by atoms with Gasteiger partial charge >= 0.3 is 6.09 Å². The van der Waals surface area contributed by atoms with Crippen LogP contribution in [0.1, 0.15) is 78.4 Å². The van der Waals surface area contributed by atoms with Crippen LogP contribution < -0.4 is 10.1 Å². The van der Waals surface area contributed by atoms with Crippen LogP contribution in [0.2, 0.25) is 5.02 Å². The van der Waals surface area contributed by atoms with E-state index >= 15 is 0 Å². The van der Waals surface area contributed by atoms with Gasteiger partial charge in [0.2, 0.25) is 5.91 Å². The minimum absolute atomic E-state index is 0.0169. The lowest BCUT2D eigenvalue weighted by Crippen LogP contribution is -2.58. The number of hydrogen-bond donors (Lipinski definition) is 2. The van der Waals surface area contributed by atoms with E-state index in [4.69, 9.17) is 25.8 Å². The third-order valence-corrected chi connectivity index (χ3v) is 8.88. The van der Waals surface area contributed by atoms with Gasteiger partial charge in [-0.1, -0.05) is 50.1 Å². The van der Waals surface area contributed by atoms with Gasteiger partial charge in [0, 0.05) is 40.5 Å². The van der Waals surface area contributed by atoms with Gasteiger partial charge in [-0.15, -0.1) is 0 Å². The number of allylic oxidation sites excluding steroid dienone is 2. The van der Waals surface area contributed by atoms with E-state index in [2.05, 4.69) is 45.2 Å². The van der Waals surface area contributed by atoms with E-state index in [1.807, 2.05) is 13.0 Å². The molecule has 0 fully saturated rings. The zero-order chi connectivity index (χ0) is 30.9. The average Bonchev–Trinajstić information content (AvgIpc) is 2.90. The summed E-state index contributed by atoms with van der Waals surface area (Å²) in [5.41, 5.74) is 1.55. The Morgan fingerprint density at radius 3 is 2.44 bits per heavy atom. The normalized spacial score (nSPS) is 29.4. The number of benzene rings is 1. The Bertz CT molecular complexity index is 1060. The molecule has 0 heterocycles. The van der Waals surface area contributed by atoms with E-state index in [0.717, 1.165) is 23.1 Å². The van der Waals surface area contributed by atoms with E-state index in [9.17, 15) is 14.7 Å². The fourth-order valence-electron chi connectivity index (χ4n) is 5.70. The van der Waals surface area contributed by atoms with Crippen molar-refractivity contribution in [2.75, 3.05) is 27.8 Å². The lowest BCUT2D eigenvalue weighted by Gasteiger charge is -2.39. The van der Waals surface area contributed by atoms with E-state index in [1.165, 1.54) is 6.92 Å². The van der Waals surface area contributed by atoms with Gasteiger partial charge in [0.25, 0.3) is 0 Å². The second kappa shape index (κ2) is 15.8. The molecule has 2 amide bonds. The molecule has 0 aromatic heterocycles. The SMILES string of the molecule is CCN(C)C(=O)OC1Cc2cc(cc(OC)c2Cl)C/C(C)=C/CCC(OC)C(O)(NC(C)=O)CC(C)C(C)CC1C. The molecule has 1 aliphatic carbocycles. The number of nitrogens with one attached hydrogen (secondary N) is 1. The predicted molar refractivity (Wildman–Crippen MR) is 163 cm³/mol. The van der Waals surface area contributed by atoms with Crippen LogP contribution in [0.15, 0.2) is 23.8 Å². The van der Waals surface area contributed by atoms with Gasteiger partial charge in [-0.25, -0.2) is 4.79 Å². The maximum Gasteiger partial charge on any atom is 0.409 e. The Morgan fingerprint density at radius 2 is 1.85 bits per heavy atom. The molecule has 232 valence electrons. The topological polar surface area (TPSA) is 97.3 Å². The number of fused-ring (bicyclic) bond motifs is 2. The van der Waals surface area contributed by atoms with Crippen LogP contribution in [0.4, 0.5) is 4.79 Å². The molecule has 9 heteroatoms. The maximum absolute atomic E-state index is 12.9. The molecule has 2 N–H and O–H groups in total. The van der Waals surface area contributed by atoms with Gasteiger partial charge in [-0.05, 0) is 74.5 Å². The first-order valence-electron chi connectivity index (χ1n) is 14.7. The van der Waals surface area contributed by atoms with Crippen LogP contribution in [-0.2, 0) is 27.1 Å². The molecule has 2 bridgehead atoms. The molecule has 1 aromatic rings. The number of rotatable bonds is 5. The number of carbonyl (C=O) groups excluding carboxylic acids is 2. The summed E-state index contributed by atoms with van der Waals surface area (Å²) in [5, 5.41) is 15.1. The number of methoxy groups -OCH3 is 2. The van der Waals surface area contributed by atoms with Crippen LogP contribution in [0.25, 0.3) is 0 Å². The molecule has 6 unspecified atom stereocenters. The number of ether oxygens (including phenoxy) is 3. The van der Waals surface area contributed by atoms with Gasteiger partial charge in [0.15, 0.2) is 5.72 Å². The number of hydrogen-bond acceptors (Lipinski definition) is 6. The van der Waals surface area contributed by atoms with Crippen molar-refractivity contribution in [3.8, 4) is 5.75 Å².